The van der Waals surface area contributed by atoms with Gasteiger partial charge >= 0.3 is 11.6 Å². The summed E-state index contributed by atoms with van der Waals surface area (Å²) in [6.45, 7) is 5.44. The number of carboxylic acid groups (broad SMARTS) is 1. The molecule has 4 aromatic rings. The van der Waals surface area contributed by atoms with E-state index in [1.165, 1.54) is 12.1 Å². The third-order valence-corrected chi connectivity index (χ3v) is 5.81. The molecule has 4 rings (SSSR count). The van der Waals surface area contributed by atoms with Crippen LogP contribution in [0.5, 0.6) is 0 Å². The van der Waals surface area contributed by atoms with Gasteiger partial charge in [0.25, 0.3) is 0 Å². The summed E-state index contributed by atoms with van der Waals surface area (Å²) in [7, 11) is 0. The number of hydrogen-bond donors (Lipinski definition) is 2. The second-order valence-corrected chi connectivity index (χ2v) is 8.76. The summed E-state index contributed by atoms with van der Waals surface area (Å²) < 4.78 is 24.5. The van der Waals surface area contributed by atoms with E-state index in [1.807, 2.05) is 19.9 Å². The summed E-state index contributed by atoms with van der Waals surface area (Å²) in [4.78, 5) is 36.7. The molecular formula is C26H24FNO6. The Morgan fingerprint density at radius 3 is 2.44 bits per heavy atom. The van der Waals surface area contributed by atoms with Gasteiger partial charge in [-0.05, 0) is 48.6 Å². The zero-order chi connectivity index (χ0) is 24.6. The number of furan rings is 1. The van der Waals surface area contributed by atoms with Gasteiger partial charge in [-0.1, -0.05) is 26.0 Å². The Bertz CT molecular complexity index is 1450. The zero-order valence-corrected chi connectivity index (χ0v) is 19.0. The van der Waals surface area contributed by atoms with E-state index in [9.17, 15) is 23.9 Å². The lowest BCUT2D eigenvalue weighted by molar-refractivity contribution is -0.142. The van der Waals surface area contributed by atoms with E-state index in [0.29, 0.717) is 22.1 Å². The van der Waals surface area contributed by atoms with Gasteiger partial charge in [-0.25, -0.2) is 14.0 Å². The molecule has 7 nitrogen and oxygen atoms in total. The first-order valence-corrected chi connectivity index (χ1v) is 10.9. The molecule has 0 bridgehead atoms. The topological polar surface area (TPSA) is 110 Å². The molecule has 0 fully saturated rings. The number of aliphatic carboxylic acids is 1. The van der Waals surface area contributed by atoms with E-state index in [1.54, 1.807) is 31.4 Å². The summed E-state index contributed by atoms with van der Waals surface area (Å²) in [5, 5.41) is 13.2. The van der Waals surface area contributed by atoms with Gasteiger partial charge in [0.05, 0.1) is 18.2 Å². The van der Waals surface area contributed by atoms with Gasteiger partial charge in [-0.3, -0.25) is 4.79 Å². The Hall–Kier alpha value is -3.94. The molecule has 0 aliphatic heterocycles. The molecule has 1 unspecified atom stereocenters. The fourth-order valence-electron chi connectivity index (χ4n) is 4.07. The van der Waals surface area contributed by atoms with Crippen molar-refractivity contribution in [3.8, 4) is 11.1 Å². The van der Waals surface area contributed by atoms with E-state index in [-0.39, 0.29) is 30.1 Å². The van der Waals surface area contributed by atoms with Crippen molar-refractivity contribution in [2.45, 2.75) is 39.7 Å². The summed E-state index contributed by atoms with van der Waals surface area (Å²) in [5.74, 6) is -1.97. The molecule has 2 N–H and O–H groups in total. The van der Waals surface area contributed by atoms with E-state index in [0.717, 1.165) is 16.5 Å². The highest BCUT2D eigenvalue weighted by atomic mass is 19.1. The molecule has 1 atom stereocenters. The van der Waals surface area contributed by atoms with Crippen LogP contribution in [0.25, 0.3) is 33.1 Å². The highest BCUT2D eigenvalue weighted by Crippen LogP contribution is 2.34. The molecule has 0 aliphatic rings. The summed E-state index contributed by atoms with van der Waals surface area (Å²) in [6, 6.07) is 8.40. The maximum atomic E-state index is 13.3. The van der Waals surface area contributed by atoms with Crippen molar-refractivity contribution >= 4 is 33.8 Å². The van der Waals surface area contributed by atoms with E-state index in [2.05, 4.69) is 5.32 Å². The third kappa shape index (κ3) is 4.57. The predicted molar refractivity (Wildman–Crippen MR) is 125 cm³/mol. The molecule has 0 aliphatic carbocycles. The minimum Gasteiger partial charge on any atom is -0.480 e. The lowest BCUT2D eigenvalue weighted by atomic mass is 9.99. The number of rotatable bonds is 7. The molecule has 1 amide bonds. The number of carbonyl (C=O) groups excluding carboxylic acids is 1. The minimum absolute atomic E-state index is 0.0709. The molecular weight excluding hydrogens is 441 g/mol. The average Bonchev–Trinajstić information content (AvgIpc) is 3.18. The van der Waals surface area contributed by atoms with Crippen molar-refractivity contribution < 1.29 is 27.9 Å². The smallest absolute Gasteiger partial charge is 0.340 e. The van der Waals surface area contributed by atoms with Crippen LogP contribution >= 0.6 is 0 Å². The van der Waals surface area contributed by atoms with Gasteiger partial charge in [0.15, 0.2) is 0 Å². The Labute approximate surface area is 194 Å². The average molecular weight is 465 g/mol. The van der Waals surface area contributed by atoms with Gasteiger partial charge in [-0.15, -0.1) is 0 Å². The number of amides is 1. The second kappa shape index (κ2) is 9.13. The van der Waals surface area contributed by atoms with Crippen molar-refractivity contribution in [3.05, 3.63) is 70.0 Å². The molecule has 8 heteroatoms. The normalized spacial score (nSPS) is 12.4. The molecule has 176 valence electrons. The van der Waals surface area contributed by atoms with E-state index >= 15 is 0 Å². The fourth-order valence-corrected chi connectivity index (χ4v) is 4.07. The number of hydrogen-bond acceptors (Lipinski definition) is 5. The van der Waals surface area contributed by atoms with Crippen LogP contribution in [0, 0.1) is 18.7 Å². The lowest BCUT2D eigenvalue weighted by Gasteiger charge is -2.16. The first-order valence-electron chi connectivity index (χ1n) is 10.9. The molecule has 0 radical (unpaired) electrons. The largest absolute Gasteiger partial charge is 0.480 e. The van der Waals surface area contributed by atoms with Crippen LogP contribution in [0.1, 0.15) is 31.4 Å². The van der Waals surface area contributed by atoms with Crippen molar-refractivity contribution in [1.82, 2.24) is 5.32 Å². The Morgan fingerprint density at radius 2 is 1.79 bits per heavy atom. The fraction of sp³-hybridized carbons (Fsp3) is 0.269. The maximum Gasteiger partial charge on any atom is 0.340 e. The van der Waals surface area contributed by atoms with Gasteiger partial charge < -0.3 is 19.3 Å². The van der Waals surface area contributed by atoms with Crippen molar-refractivity contribution in [3.63, 3.8) is 0 Å². The van der Waals surface area contributed by atoms with Crippen molar-refractivity contribution in [1.29, 1.82) is 0 Å². The molecule has 2 aromatic heterocycles. The molecule has 0 saturated carbocycles. The number of fused-ring (bicyclic) bond motifs is 2. The lowest BCUT2D eigenvalue weighted by Crippen LogP contribution is -2.42. The number of halogens is 1. The third-order valence-electron chi connectivity index (χ3n) is 5.81. The Morgan fingerprint density at radius 1 is 1.09 bits per heavy atom. The number of nitrogens with one attached hydrogen (secondary N) is 1. The standard InChI is InChI=1S/C26H24FNO6/c1-13(2)8-21(25(30)31)28-24(29)10-18-14(3)17-9-19-20(15-4-6-16(27)7-5-15)12-33-22(19)11-23(17)34-26(18)32/h4-7,9,11-13,21H,8,10H2,1-3H3,(H,28,29)(H,30,31). The highest BCUT2D eigenvalue weighted by molar-refractivity contribution is 6.02. The van der Waals surface area contributed by atoms with Crippen LogP contribution < -0.4 is 10.9 Å². The Kier molecular flexibility index (Phi) is 6.24. The van der Waals surface area contributed by atoms with Crippen molar-refractivity contribution in [2.75, 3.05) is 0 Å². The summed E-state index contributed by atoms with van der Waals surface area (Å²) >= 11 is 0. The van der Waals surface area contributed by atoms with Gasteiger partial charge in [0.1, 0.15) is 23.0 Å². The van der Waals surface area contributed by atoms with Crippen LogP contribution in [0.2, 0.25) is 0 Å². The van der Waals surface area contributed by atoms with Crippen LogP contribution in [0.15, 0.2) is 56.3 Å². The number of carboxylic acids is 1. The summed E-state index contributed by atoms with van der Waals surface area (Å²) in [6.07, 6.45) is 1.52. The van der Waals surface area contributed by atoms with Gasteiger partial charge in [0.2, 0.25) is 5.91 Å². The molecule has 2 heterocycles. The minimum atomic E-state index is -1.13. The van der Waals surface area contributed by atoms with Crippen LogP contribution in [0.3, 0.4) is 0 Å². The van der Waals surface area contributed by atoms with Crippen LogP contribution in [-0.4, -0.2) is 23.0 Å². The number of aryl methyl sites for hydroxylation is 1. The first-order chi connectivity index (χ1) is 16.1. The van der Waals surface area contributed by atoms with Crippen LogP contribution in [-0.2, 0) is 16.0 Å². The quantitative estimate of drug-likeness (QED) is 0.379. The van der Waals surface area contributed by atoms with Crippen LogP contribution in [0.4, 0.5) is 4.39 Å². The number of benzene rings is 2. The maximum absolute atomic E-state index is 13.3. The van der Waals surface area contributed by atoms with Crippen molar-refractivity contribution in [2.24, 2.45) is 5.92 Å². The SMILES string of the molecule is Cc1c(CC(=O)NC(CC(C)C)C(=O)O)c(=O)oc2cc3occ(-c4ccc(F)cc4)c3cc12. The monoisotopic (exact) mass is 465 g/mol. The van der Waals surface area contributed by atoms with E-state index in [4.69, 9.17) is 8.83 Å². The molecule has 0 saturated heterocycles. The highest BCUT2D eigenvalue weighted by Gasteiger charge is 2.23. The second-order valence-electron chi connectivity index (χ2n) is 8.76. The van der Waals surface area contributed by atoms with Gasteiger partial charge in [-0.2, -0.15) is 0 Å². The molecule has 2 aromatic carbocycles. The van der Waals surface area contributed by atoms with Gasteiger partial charge in [0, 0.05) is 22.4 Å². The predicted octanol–water partition coefficient (Wildman–Crippen LogP) is 4.81. The Balaban J connectivity index is 1.72. The number of carbonyl (C=O) groups is 2. The molecule has 34 heavy (non-hydrogen) atoms. The van der Waals surface area contributed by atoms with E-state index < -0.39 is 23.5 Å². The summed E-state index contributed by atoms with van der Waals surface area (Å²) in [5.41, 5.74) is 2.37. The zero-order valence-electron chi connectivity index (χ0n) is 19.0. The first kappa shape index (κ1) is 23.2. The molecule has 0 spiro atoms.